The maximum atomic E-state index is 13.2. The molecule has 0 aliphatic heterocycles. The van der Waals surface area contributed by atoms with Crippen molar-refractivity contribution >= 4 is 16.8 Å². The number of rotatable bonds is 5. The number of aromatic amines is 1. The lowest BCUT2D eigenvalue weighted by Gasteiger charge is -2.09. The minimum atomic E-state index is -0.324. The molecule has 0 saturated heterocycles. The van der Waals surface area contributed by atoms with Crippen molar-refractivity contribution in [3.05, 3.63) is 65.1 Å². The van der Waals surface area contributed by atoms with Gasteiger partial charge in [-0.15, -0.1) is 0 Å². The molecule has 2 aromatic carbocycles. The van der Waals surface area contributed by atoms with E-state index in [4.69, 9.17) is 4.74 Å². The first-order chi connectivity index (χ1) is 11.5. The highest BCUT2D eigenvalue weighted by Gasteiger charge is 2.09. The van der Waals surface area contributed by atoms with E-state index in [-0.39, 0.29) is 11.7 Å². The standard InChI is InChI=1S/C19H19FN2O2/c1-12-7-13(2)9-16(8-12)24-6-5-21-19(23)18-11-14-10-15(20)3-4-17(14)22-18/h3-4,7-11,22H,5-6H2,1-2H3,(H,21,23). The van der Waals surface area contributed by atoms with Gasteiger partial charge in [-0.3, -0.25) is 4.79 Å². The van der Waals surface area contributed by atoms with Crippen LogP contribution in [-0.4, -0.2) is 24.0 Å². The van der Waals surface area contributed by atoms with Gasteiger partial charge in [0.25, 0.3) is 5.91 Å². The van der Waals surface area contributed by atoms with E-state index in [1.54, 1.807) is 12.1 Å². The number of hydrogen-bond acceptors (Lipinski definition) is 2. The van der Waals surface area contributed by atoms with Crippen molar-refractivity contribution in [2.24, 2.45) is 0 Å². The van der Waals surface area contributed by atoms with Gasteiger partial charge in [0.2, 0.25) is 0 Å². The minimum absolute atomic E-state index is 0.240. The van der Waals surface area contributed by atoms with E-state index < -0.39 is 0 Å². The molecule has 2 N–H and O–H groups in total. The number of aromatic nitrogens is 1. The highest BCUT2D eigenvalue weighted by molar-refractivity contribution is 5.97. The molecule has 0 spiro atoms. The van der Waals surface area contributed by atoms with Crippen molar-refractivity contribution in [2.75, 3.05) is 13.2 Å². The van der Waals surface area contributed by atoms with Crippen LogP contribution in [0, 0.1) is 19.7 Å². The number of carbonyl (C=O) groups is 1. The first kappa shape index (κ1) is 16.1. The second kappa shape index (κ2) is 6.74. The number of benzene rings is 2. The summed E-state index contributed by atoms with van der Waals surface area (Å²) in [4.78, 5) is 15.1. The zero-order valence-electron chi connectivity index (χ0n) is 13.7. The summed E-state index contributed by atoms with van der Waals surface area (Å²) in [6.45, 7) is 4.79. The first-order valence-corrected chi connectivity index (χ1v) is 7.79. The van der Waals surface area contributed by atoms with Gasteiger partial charge in [0.15, 0.2) is 0 Å². The fraction of sp³-hybridized carbons (Fsp3) is 0.211. The number of amides is 1. The van der Waals surface area contributed by atoms with Crippen LogP contribution in [0.25, 0.3) is 10.9 Å². The molecule has 1 heterocycles. The number of aryl methyl sites for hydroxylation is 2. The smallest absolute Gasteiger partial charge is 0.267 e. The summed E-state index contributed by atoms with van der Waals surface area (Å²) in [6.07, 6.45) is 0. The Bertz CT molecular complexity index is 866. The molecule has 3 rings (SSSR count). The Morgan fingerprint density at radius 2 is 1.88 bits per heavy atom. The monoisotopic (exact) mass is 326 g/mol. The lowest BCUT2D eigenvalue weighted by atomic mass is 10.1. The summed E-state index contributed by atoms with van der Waals surface area (Å²) in [7, 11) is 0. The number of fused-ring (bicyclic) bond motifs is 1. The van der Waals surface area contributed by atoms with E-state index in [0.29, 0.717) is 24.2 Å². The Kier molecular flexibility index (Phi) is 4.51. The first-order valence-electron chi connectivity index (χ1n) is 7.79. The largest absolute Gasteiger partial charge is 0.492 e. The molecule has 1 aromatic heterocycles. The normalized spacial score (nSPS) is 10.8. The summed E-state index contributed by atoms with van der Waals surface area (Å²) in [5.74, 6) is 0.230. The number of ether oxygens (including phenoxy) is 1. The Labute approximate surface area is 139 Å². The topological polar surface area (TPSA) is 54.1 Å². The molecule has 0 atom stereocenters. The van der Waals surface area contributed by atoms with E-state index in [1.165, 1.54) is 12.1 Å². The van der Waals surface area contributed by atoms with Gasteiger partial charge in [-0.2, -0.15) is 0 Å². The van der Waals surface area contributed by atoms with Gasteiger partial charge in [-0.25, -0.2) is 4.39 Å². The van der Waals surface area contributed by atoms with Gasteiger partial charge < -0.3 is 15.0 Å². The average molecular weight is 326 g/mol. The van der Waals surface area contributed by atoms with Crippen LogP contribution in [0.1, 0.15) is 21.6 Å². The molecule has 124 valence electrons. The Morgan fingerprint density at radius 3 is 2.62 bits per heavy atom. The van der Waals surface area contributed by atoms with Crippen LogP contribution in [0.4, 0.5) is 4.39 Å². The van der Waals surface area contributed by atoms with Gasteiger partial charge in [0.05, 0.1) is 6.54 Å². The molecule has 24 heavy (non-hydrogen) atoms. The van der Waals surface area contributed by atoms with Crippen molar-refractivity contribution in [1.29, 1.82) is 0 Å². The molecule has 0 radical (unpaired) electrons. The molecule has 0 saturated carbocycles. The molecule has 0 bridgehead atoms. The molecule has 1 amide bonds. The number of nitrogens with one attached hydrogen (secondary N) is 2. The SMILES string of the molecule is Cc1cc(C)cc(OCCNC(=O)c2cc3cc(F)ccc3[nH]2)c1. The summed E-state index contributed by atoms with van der Waals surface area (Å²) in [5, 5.41) is 3.46. The van der Waals surface area contributed by atoms with Gasteiger partial charge >= 0.3 is 0 Å². The summed E-state index contributed by atoms with van der Waals surface area (Å²) < 4.78 is 18.8. The van der Waals surface area contributed by atoms with Crippen molar-refractivity contribution in [1.82, 2.24) is 10.3 Å². The molecule has 5 heteroatoms. The summed E-state index contributed by atoms with van der Waals surface area (Å²) in [5.41, 5.74) is 3.41. The second-order valence-electron chi connectivity index (χ2n) is 5.84. The summed E-state index contributed by atoms with van der Waals surface area (Å²) >= 11 is 0. The van der Waals surface area contributed by atoms with E-state index in [1.807, 2.05) is 26.0 Å². The van der Waals surface area contributed by atoms with Crippen molar-refractivity contribution < 1.29 is 13.9 Å². The van der Waals surface area contributed by atoms with E-state index >= 15 is 0 Å². The van der Waals surface area contributed by atoms with Gasteiger partial charge in [-0.1, -0.05) is 6.07 Å². The molecule has 0 aliphatic carbocycles. The van der Waals surface area contributed by atoms with Crippen LogP contribution in [0.3, 0.4) is 0 Å². The molecule has 4 nitrogen and oxygen atoms in total. The molecule has 0 aliphatic rings. The zero-order valence-corrected chi connectivity index (χ0v) is 13.7. The van der Waals surface area contributed by atoms with Crippen LogP contribution >= 0.6 is 0 Å². The van der Waals surface area contributed by atoms with E-state index in [9.17, 15) is 9.18 Å². The van der Waals surface area contributed by atoms with Crippen LogP contribution in [0.5, 0.6) is 5.75 Å². The number of carbonyl (C=O) groups excluding carboxylic acids is 1. The predicted octanol–water partition coefficient (Wildman–Crippen LogP) is 3.73. The molecule has 0 unspecified atom stereocenters. The third-order valence-corrected chi connectivity index (χ3v) is 3.68. The van der Waals surface area contributed by atoms with Crippen molar-refractivity contribution in [3.63, 3.8) is 0 Å². The highest BCUT2D eigenvalue weighted by Crippen LogP contribution is 2.17. The maximum Gasteiger partial charge on any atom is 0.267 e. The second-order valence-corrected chi connectivity index (χ2v) is 5.84. The van der Waals surface area contributed by atoms with Crippen molar-refractivity contribution in [3.8, 4) is 5.75 Å². The molecule has 3 aromatic rings. The molecule has 0 fully saturated rings. The molecular weight excluding hydrogens is 307 g/mol. The lowest BCUT2D eigenvalue weighted by Crippen LogP contribution is -2.28. The lowest BCUT2D eigenvalue weighted by molar-refractivity contribution is 0.0943. The average Bonchev–Trinajstić information content (AvgIpc) is 2.93. The maximum absolute atomic E-state index is 13.2. The Balaban J connectivity index is 1.55. The molecular formula is C19H19FN2O2. The number of H-pyrrole nitrogens is 1. The van der Waals surface area contributed by atoms with Crippen molar-refractivity contribution in [2.45, 2.75) is 13.8 Å². The minimum Gasteiger partial charge on any atom is -0.492 e. The van der Waals surface area contributed by atoms with E-state index in [0.717, 1.165) is 22.4 Å². The number of halogens is 1. The van der Waals surface area contributed by atoms with Gasteiger partial charge in [0.1, 0.15) is 23.9 Å². The fourth-order valence-electron chi connectivity index (χ4n) is 2.67. The quantitative estimate of drug-likeness (QED) is 0.702. The Morgan fingerprint density at radius 1 is 1.12 bits per heavy atom. The summed E-state index contributed by atoms with van der Waals surface area (Å²) in [6, 6.07) is 12.0. The van der Waals surface area contributed by atoms with Crippen LogP contribution < -0.4 is 10.1 Å². The Hall–Kier alpha value is -2.82. The van der Waals surface area contributed by atoms with Crippen LogP contribution in [0.15, 0.2) is 42.5 Å². The van der Waals surface area contributed by atoms with E-state index in [2.05, 4.69) is 16.4 Å². The predicted molar refractivity (Wildman–Crippen MR) is 92.0 cm³/mol. The van der Waals surface area contributed by atoms with Crippen LogP contribution in [-0.2, 0) is 0 Å². The third-order valence-electron chi connectivity index (χ3n) is 3.68. The van der Waals surface area contributed by atoms with Crippen LogP contribution in [0.2, 0.25) is 0 Å². The fourth-order valence-corrected chi connectivity index (χ4v) is 2.67. The van der Waals surface area contributed by atoms with Gasteiger partial charge in [0, 0.05) is 10.9 Å². The number of hydrogen-bond donors (Lipinski definition) is 2. The highest BCUT2D eigenvalue weighted by atomic mass is 19.1. The van der Waals surface area contributed by atoms with Gasteiger partial charge in [-0.05, 0) is 61.4 Å². The third kappa shape index (κ3) is 3.74. The zero-order chi connectivity index (χ0) is 17.1.